The number of rotatable bonds is 3. The van der Waals surface area contributed by atoms with Gasteiger partial charge in [-0.15, -0.1) is 0 Å². The number of fused-ring (bicyclic) bond motifs is 3. The number of nitrogens with one attached hydrogen (secondary N) is 1. The van der Waals surface area contributed by atoms with Crippen LogP contribution >= 0.6 is 0 Å². The van der Waals surface area contributed by atoms with Crippen LogP contribution in [0.2, 0.25) is 0 Å². The van der Waals surface area contributed by atoms with Crippen molar-refractivity contribution in [2.24, 2.45) is 17.6 Å². The number of aromatic nitrogens is 2. The van der Waals surface area contributed by atoms with E-state index in [1.165, 1.54) is 30.6 Å². The Balaban J connectivity index is 1.56. The van der Waals surface area contributed by atoms with Crippen LogP contribution in [0.25, 0.3) is 11.0 Å². The normalized spacial score (nSPS) is 23.9. The van der Waals surface area contributed by atoms with Crippen molar-refractivity contribution in [2.45, 2.75) is 51.5 Å². The lowest BCUT2D eigenvalue weighted by atomic mass is 9.95. The minimum absolute atomic E-state index is 0.0596. The highest BCUT2D eigenvalue weighted by molar-refractivity contribution is 5.95. The van der Waals surface area contributed by atoms with Crippen LogP contribution in [-0.4, -0.2) is 22.0 Å². The lowest BCUT2D eigenvalue weighted by molar-refractivity contribution is -0.120. The van der Waals surface area contributed by atoms with Gasteiger partial charge in [-0.3, -0.25) is 4.79 Å². The molecule has 1 fully saturated rings. The van der Waals surface area contributed by atoms with Crippen molar-refractivity contribution in [2.75, 3.05) is 11.9 Å². The number of amides is 1. The topological polar surface area (TPSA) is 72.9 Å². The molecule has 1 aliphatic carbocycles. The van der Waals surface area contributed by atoms with Gasteiger partial charge in [-0.1, -0.05) is 12.8 Å². The van der Waals surface area contributed by atoms with Gasteiger partial charge in [-0.25, -0.2) is 4.98 Å². The number of anilines is 1. The highest BCUT2D eigenvalue weighted by atomic mass is 16.1. The van der Waals surface area contributed by atoms with E-state index in [1.807, 2.05) is 12.1 Å². The van der Waals surface area contributed by atoms with Gasteiger partial charge in [0, 0.05) is 24.6 Å². The number of aryl methyl sites for hydroxylation is 2. The van der Waals surface area contributed by atoms with Crippen molar-refractivity contribution in [3.63, 3.8) is 0 Å². The van der Waals surface area contributed by atoms with Crippen LogP contribution in [0.4, 0.5) is 5.69 Å². The van der Waals surface area contributed by atoms with E-state index in [0.717, 1.165) is 43.4 Å². The minimum Gasteiger partial charge on any atom is -0.330 e. The van der Waals surface area contributed by atoms with Gasteiger partial charge in [0.25, 0.3) is 0 Å². The van der Waals surface area contributed by atoms with Crippen molar-refractivity contribution >= 4 is 22.6 Å². The van der Waals surface area contributed by atoms with E-state index in [-0.39, 0.29) is 11.8 Å². The summed E-state index contributed by atoms with van der Waals surface area (Å²) in [4.78, 5) is 17.4. The number of imidazole rings is 1. The van der Waals surface area contributed by atoms with E-state index in [1.54, 1.807) is 0 Å². The van der Waals surface area contributed by atoms with Crippen LogP contribution in [0.3, 0.4) is 0 Å². The molecule has 0 bridgehead atoms. The standard InChI is InChI=1S/C19H26N4O/c20-12-13-5-4-6-15(13)19(24)21-14-8-9-17-16(11-14)22-18-7-2-1-3-10-23(17)18/h8-9,11,13,15H,1-7,10,12,20H2,(H,21,24)/t13-,15-/m1/s1. The number of carbonyl (C=O) groups excluding carboxylic acids is 1. The molecular weight excluding hydrogens is 300 g/mol. The van der Waals surface area contributed by atoms with Gasteiger partial charge in [0.15, 0.2) is 0 Å². The second kappa shape index (κ2) is 6.55. The van der Waals surface area contributed by atoms with E-state index in [2.05, 4.69) is 16.0 Å². The maximum absolute atomic E-state index is 12.6. The van der Waals surface area contributed by atoms with Gasteiger partial charge >= 0.3 is 0 Å². The molecule has 3 N–H and O–H groups in total. The molecule has 1 amide bonds. The smallest absolute Gasteiger partial charge is 0.227 e. The summed E-state index contributed by atoms with van der Waals surface area (Å²) in [5.74, 6) is 1.69. The molecule has 2 heterocycles. The fourth-order valence-corrected chi connectivity index (χ4v) is 4.33. The Labute approximate surface area is 142 Å². The van der Waals surface area contributed by atoms with Gasteiger partial charge in [-0.05, 0) is 56.3 Å². The molecule has 1 aromatic carbocycles. The summed E-state index contributed by atoms with van der Waals surface area (Å²) >= 11 is 0. The maximum atomic E-state index is 12.6. The number of hydrogen-bond donors (Lipinski definition) is 2. The van der Waals surface area contributed by atoms with E-state index in [9.17, 15) is 4.79 Å². The Morgan fingerprint density at radius 1 is 1.25 bits per heavy atom. The lowest BCUT2D eigenvalue weighted by Gasteiger charge is -2.17. The Bertz CT molecular complexity index is 751. The third kappa shape index (κ3) is 2.81. The van der Waals surface area contributed by atoms with Gasteiger partial charge in [-0.2, -0.15) is 0 Å². The summed E-state index contributed by atoms with van der Waals surface area (Å²) < 4.78 is 2.34. The zero-order chi connectivity index (χ0) is 16.5. The predicted molar refractivity (Wildman–Crippen MR) is 95.8 cm³/mol. The first-order chi connectivity index (χ1) is 11.8. The van der Waals surface area contributed by atoms with Crippen LogP contribution in [0.1, 0.15) is 44.3 Å². The van der Waals surface area contributed by atoms with E-state index in [0.29, 0.717) is 12.5 Å². The average Bonchev–Trinajstić information content (AvgIpc) is 3.12. The molecule has 128 valence electrons. The zero-order valence-electron chi connectivity index (χ0n) is 14.1. The van der Waals surface area contributed by atoms with E-state index in [4.69, 9.17) is 10.7 Å². The first kappa shape index (κ1) is 15.6. The number of nitrogens with zero attached hydrogens (tertiary/aromatic N) is 2. The molecule has 0 spiro atoms. The second-order valence-electron chi connectivity index (χ2n) is 7.22. The van der Waals surface area contributed by atoms with Gasteiger partial charge < -0.3 is 15.6 Å². The summed E-state index contributed by atoms with van der Waals surface area (Å²) in [6.45, 7) is 1.66. The van der Waals surface area contributed by atoms with E-state index >= 15 is 0 Å². The zero-order valence-corrected chi connectivity index (χ0v) is 14.1. The highest BCUT2D eigenvalue weighted by Crippen LogP contribution is 2.32. The third-order valence-corrected chi connectivity index (χ3v) is 5.68. The fourth-order valence-electron chi connectivity index (χ4n) is 4.33. The van der Waals surface area contributed by atoms with E-state index < -0.39 is 0 Å². The first-order valence-corrected chi connectivity index (χ1v) is 9.26. The molecule has 2 atom stereocenters. The van der Waals surface area contributed by atoms with Crippen LogP contribution < -0.4 is 11.1 Å². The summed E-state index contributed by atoms with van der Waals surface area (Å²) in [5.41, 5.74) is 8.83. The van der Waals surface area contributed by atoms with Crippen LogP contribution in [0.5, 0.6) is 0 Å². The summed E-state index contributed by atoms with van der Waals surface area (Å²) in [6, 6.07) is 6.12. The molecule has 24 heavy (non-hydrogen) atoms. The minimum atomic E-state index is 0.0596. The molecular formula is C19H26N4O. The molecule has 1 saturated carbocycles. The fraction of sp³-hybridized carbons (Fsp3) is 0.579. The molecule has 0 saturated heterocycles. The molecule has 1 aromatic heterocycles. The largest absolute Gasteiger partial charge is 0.330 e. The molecule has 5 nitrogen and oxygen atoms in total. The average molecular weight is 326 g/mol. The van der Waals surface area contributed by atoms with Crippen LogP contribution in [-0.2, 0) is 17.8 Å². The molecule has 0 radical (unpaired) electrons. The van der Waals surface area contributed by atoms with Gasteiger partial charge in [0.05, 0.1) is 11.0 Å². The Kier molecular flexibility index (Phi) is 4.27. The quantitative estimate of drug-likeness (QED) is 0.910. The summed E-state index contributed by atoms with van der Waals surface area (Å²) in [5, 5.41) is 3.09. The maximum Gasteiger partial charge on any atom is 0.227 e. The summed E-state index contributed by atoms with van der Waals surface area (Å²) in [7, 11) is 0. The van der Waals surface area contributed by atoms with Crippen molar-refractivity contribution in [1.82, 2.24) is 9.55 Å². The highest BCUT2D eigenvalue weighted by Gasteiger charge is 2.31. The van der Waals surface area contributed by atoms with Gasteiger partial charge in [0.1, 0.15) is 5.82 Å². The molecule has 5 heteroatoms. The molecule has 4 rings (SSSR count). The molecule has 1 aliphatic heterocycles. The molecule has 2 aliphatic rings. The summed E-state index contributed by atoms with van der Waals surface area (Å²) in [6.07, 6.45) is 7.90. The molecule has 0 unspecified atom stereocenters. The number of benzene rings is 1. The van der Waals surface area contributed by atoms with Crippen LogP contribution in [0, 0.1) is 11.8 Å². The number of nitrogens with two attached hydrogens (primary N) is 1. The monoisotopic (exact) mass is 326 g/mol. The number of carbonyl (C=O) groups is 1. The van der Waals surface area contributed by atoms with Crippen molar-refractivity contribution < 1.29 is 4.79 Å². The molecule has 2 aromatic rings. The van der Waals surface area contributed by atoms with Crippen molar-refractivity contribution in [3.8, 4) is 0 Å². The van der Waals surface area contributed by atoms with Crippen molar-refractivity contribution in [1.29, 1.82) is 0 Å². The lowest BCUT2D eigenvalue weighted by Crippen LogP contribution is -2.29. The van der Waals surface area contributed by atoms with Crippen molar-refractivity contribution in [3.05, 3.63) is 24.0 Å². The second-order valence-corrected chi connectivity index (χ2v) is 7.22. The third-order valence-electron chi connectivity index (χ3n) is 5.68. The Morgan fingerprint density at radius 3 is 3.04 bits per heavy atom. The van der Waals surface area contributed by atoms with Gasteiger partial charge in [0.2, 0.25) is 5.91 Å². The Hall–Kier alpha value is -1.88. The first-order valence-electron chi connectivity index (χ1n) is 9.26. The Morgan fingerprint density at radius 2 is 2.17 bits per heavy atom. The number of hydrogen-bond acceptors (Lipinski definition) is 3. The predicted octanol–water partition coefficient (Wildman–Crippen LogP) is 3.08. The van der Waals surface area contributed by atoms with Crippen LogP contribution in [0.15, 0.2) is 18.2 Å². The SMILES string of the molecule is NC[C@H]1CCC[C@H]1C(=O)Nc1ccc2c(c1)nc1n2CCCCC1.